The minimum atomic E-state index is -0.0995. The zero-order chi connectivity index (χ0) is 12.5. The summed E-state index contributed by atoms with van der Waals surface area (Å²) in [4.78, 5) is 0. The predicted octanol–water partition coefficient (Wildman–Crippen LogP) is 2.76. The van der Waals surface area contributed by atoms with E-state index in [2.05, 4.69) is 18.9 Å². The van der Waals surface area contributed by atoms with E-state index in [-0.39, 0.29) is 5.41 Å². The summed E-state index contributed by atoms with van der Waals surface area (Å²) in [5.74, 6) is 0. The highest BCUT2D eigenvalue weighted by molar-refractivity contribution is 6.30. The van der Waals surface area contributed by atoms with Crippen LogP contribution < -0.4 is 5.73 Å². The normalized spacial score (nSPS) is 11.8. The van der Waals surface area contributed by atoms with Crippen LogP contribution in [0.15, 0.2) is 36.5 Å². The Bertz CT molecular complexity index is 500. The number of nitrogens with two attached hydrogens (primary N) is 1. The summed E-state index contributed by atoms with van der Waals surface area (Å²) < 4.78 is 1.84. The minimum absolute atomic E-state index is 0.0995. The fourth-order valence-electron chi connectivity index (χ4n) is 1.53. The molecule has 2 rings (SSSR count). The van der Waals surface area contributed by atoms with Crippen molar-refractivity contribution in [2.45, 2.75) is 19.3 Å². The van der Waals surface area contributed by atoms with Gasteiger partial charge in [-0.2, -0.15) is 5.10 Å². The van der Waals surface area contributed by atoms with E-state index < -0.39 is 0 Å². The average molecular weight is 250 g/mol. The molecule has 0 saturated heterocycles. The molecule has 0 radical (unpaired) electrons. The third-order valence-corrected chi connectivity index (χ3v) is 3.14. The zero-order valence-corrected chi connectivity index (χ0v) is 10.8. The van der Waals surface area contributed by atoms with Gasteiger partial charge >= 0.3 is 0 Å². The van der Waals surface area contributed by atoms with Crippen molar-refractivity contribution >= 4 is 11.6 Å². The topological polar surface area (TPSA) is 43.8 Å². The molecule has 0 atom stereocenters. The van der Waals surface area contributed by atoms with Crippen LogP contribution in [0.1, 0.15) is 19.5 Å². The van der Waals surface area contributed by atoms with Crippen LogP contribution in [0.5, 0.6) is 0 Å². The summed E-state index contributed by atoms with van der Waals surface area (Å²) in [7, 11) is 0. The van der Waals surface area contributed by atoms with Crippen LogP contribution in [0.2, 0.25) is 5.02 Å². The second-order valence-corrected chi connectivity index (χ2v) is 5.15. The van der Waals surface area contributed by atoms with E-state index in [1.165, 1.54) is 0 Å². The van der Waals surface area contributed by atoms with E-state index in [1.54, 1.807) is 0 Å². The number of benzene rings is 1. The molecule has 2 aromatic rings. The van der Waals surface area contributed by atoms with Crippen molar-refractivity contribution in [1.82, 2.24) is 9.78 Å². The fourth-order valence-corrected chi connectivity index (χ4v) is 1.65. The number of hydrogen-bond acceptors (Lipinski definition) is 2. The molecule has 0 aliphatic carbocycles. The van der Waals surface area contributed by atoms with Gasteiger partial charge in [0.15, 0.2) is 0 Å². The average Bonchev–Trinajstić information content (AvgIpc) is 2.80. The van der Waals surface area contributed by atoms with Crippen LogP contribution in [0.25, 0.3) is 5.69 Å². The third-order valence-electron chi connectivity index (χ3n) is 2.88. The Balaban J connectivity index is 2.33. The molecular weight excluding hydrogens is 234 g/mol. The van der Waals surface area contributed by atoms with Crippen molar-refractivity contribution in [3.05, 3.63) is 47.2 Å². The van der Waals surface area contributed by atoms with Gasteiger partial charge in [-0.3, -0.25) is 0 Å². The first-order valence-corrected chi connectivity index (χ1v) is 5.93. The summed E-state index contributed by atoms with van der Waals surface area (Å²) in [6, 6.07) is 9.59. The Labute approximate surface area is 106 Å². The molecule has 17 heavy (non-hydrogen) atoms. The lowest BCUT2D eigenvalue weighted by molar-refractivity contribution is 0.516. The maximum Gasteiger partial charge on any atom is 0.0697 e. The molecule has 4 heteroatoms. The van der Waals surface area contributed by atoms with E-state index >= 15 is 0 Å². The molecule has 2 N–H and O–H groups in total. The maximum atomic E-state index is 5.85. The molecule has 0 aliphatic heterocycles. The van der Waals surface area contributed by atoms with E-state index in [0.29, 0.717) is 6.54 Å². The second kappa shape index (κ2) is 4.51. The van der Waals surface area contributed by atoms with E-state index in [4.69, 9.17) is 17.3 Å². The Kier molecular flexibility index (Phi) is 3.22. The highest BCUT2D eigenvalue weighted by Crippen LogP contribution is 2.21. The van der Waals surface area contributed by atoms with Crippen molar-refractivity contribution in [2.75, 3.05) is 6.54 Å². The summed E-state index contributed by atoms with van der Waals surface area (Å²) in [6.45, 7) is 4.74. The standard InChI is InChI=1S/C13H16ClN3/c1-13(2,9-15)12-7-8-17(16-12)11-5-3-10(14)4-6-11/h3-8H,9,15H2,1-2H3. The zero-order valence-electron chi connectivity index (χ0n) is 10.0. The molecule has 0 amide bonds. The molecule has 1 aromatic carbocycles. The maximum absolute atomic E-state index is 5.85. The Morgan fingerprint density at radius 3 is 2.47 bits per heavy atom. The molecule has 0 spiro atoms. The van der Waals surface area contributed by atoms with Gasteiger partial charge in [0, 0.05) is 23.2 Å². The van der Waals surface area contributed by atoms with Gasteiger partial charge < -0.3 is 5.73 Å². The first-order valence-electron chi connectivity index (χ1n) is 5.55. The molecule has 0 fully saturated rings. The van der Waals surface area contributed by atoms with Gasteiger partial charge in [-0.25, -0.2) is 4.68 Å². The molecular formula is C13H16ClN3. The summed E-state index contributed by atoms with van der Waals surface area (Å²) >= 11 is 5.85. The number of rotatable bonds is 3. The highest BCUT2D eigenvalue weighted by atomic mass is 35.5. The van der Waals surface area contributed by atoms with Gasteiger partial charge in [-0.05, 0) is 30.3 Å². The van der Waals surface area contributed by atoms with Crippen molar-refractivity contribution in [2.24, 2.45) is 5.73 Å². The van der Waals surface area contributed by atoms with Crippen LogP contribution >= 0.6 is 11.6 Å². The minimum Gasteiger partial charge on any atom is -0.330 e. The van der Waals surface area contributed by atoms with Crippen LogP contribution in [0.4, 0.5) is 0 Å². The van der Waals surface area contributed by atoms with Gasteiger partial charge in [0.25, 0.3) is 0 Å². The lowest BCUT2D eigenvalue weighted by atomic mass is 9.90. The van der Waals surface area contributed by atoms with Crippen molar-refractivity contribution < 1.29 is 0 Å². The monoisotopic (exact) mass is 249 g/mol. The Hall–Kier alpha value is -1.32. The molecule has 0 bridgehead atoms. The fraction of sp³-hybridized carbons (Fsp3) is 0.308. The van der Waals surface area contributed by atoms with Crippen molar-refractivity contribution in [1.29, 1.82) is 0 Å². The Morgan fingerprint density at radius 2 is 1.88 bits per heavy atom. The number of nitrogens with zero attached hydrogens (tertiary/aromatic N) is 2. The summed E-state index contributed by atoms with van der Waals surface area (Å²) in [6.07, 6.45) is 1.94. The van der Waals surface area contributed by atoms with Crippen LogP contribution in [-0.4, -0.2) is 16.3 Å². The smallest absolute Gasteiger partial charge is 0.0697 e. The molecule has 0 unspecified atom stereocenters. The van der Waals surface area contributed by atoms with Gasteiger partial charge in [-0.15, -0.1) is 0 Å². The SMILES string of the molecule is CC(C)(CN)c1ccn(-c2ccc(Cl)cc2)n1. The van der Waals surface area contributed by atoms with Gasteiger partial charge in [0.05, 0.1) is 11.4 Å². The highest BCUT2D eigenvalue weighted by Gasteiger charge is 2.21. The largest absolute Gasteiger partial charge is 0.330 e. The summed E-state index contributed by atoms with van der Waals surface area (Å²) in [5, 5.41) is 5.27. The van der Waals surface area contributed by atoms with Crippen LogP contribution in [0, 0.1) is 0 Å². The molecule has 3 nitrogen and oxygen atoms in total. The lowest BCUT2D eigenvalue weighted by Gasteiger charge is -2.19. The molecule has 90 valence electrons. The Morgan fingerprint density at radius 1 is 1.24 bits per heavy atom. The number of aromatic nitrogens is 2. The van der Waals surface area contributed by atoms with Crippen molar-refractivity contribution in [3.63, 3.8) is 0 Å². The molecule has 0 saturated carbocycles. The first kappa shape index (κ1) is 12.1. The van der Waals surface area contributed by atoms with Crippen LogP contribution in [0.3, 0.4) is 0 Å². The van der Waals surface area contributed by atoms with E-state index in [9.17, 15) is 0 Å². The van der Waals surface area contributed by atoms with Gasteiger partial charge in [0.2, 0.25) is 0 Å². The van der Waals surface area contributed by atoms with E-state index in [0.717, 1.165) is 16.4 Å². The van der Waals surface area contributed by atoms with Gasteiger partial charge in [-0.1, -0.05) is 25.4 Å². The molecule has 1 aromatic heterocycles. The third kappa shape index (κ3) is 2.51. The van der Waals surface area contributed by atoms with Crippen LogP contribution in [-0.2, 0) is 5.41 Å². The van der Waals surface area contributed by atoms with Gasteiger partial charge in [0.1, 0.15) is 0 Å². The molecule has 1 heterocycles. The number of hydrogen-bond donors (Lipinski definition) is 1. The summed E-state index contributed by atoms with van der Waals surface area (Å²) in [5.41, 5.74) is 7.63. The first-order chi connectivity index (χ1) is 8.03. The lowest BCUT2D eigenvalue weighted by Crippen LogP contribution is -2.28. The predicted molar refractivity (Wildman–Crippen MR) is 70.7 cm³/mol. The second-order valence-electron chi connectivity index (χ2n) is 4.71. The quantitative estimate of drug-likeness (QED) is 0.909. The van der Waals surface area contributed by atoms with Crippen molar-refractivity contribution in [3.8, 4) is 5.69 Å². The van der Waals surface area contributed by atoms with E-state index in [1.807, 2.05) is 41.2 Å². The number of halogens is 1. The molecule has 0 aliphatic rings.